The number of rotatable bonds is 7. The van der Waals surface area contributed by atoms with Gasteiger partial charge in [0.2, 0.25) is 5.91 Å². The first-order valence-electron chi connectivity index (χ1n) is 8.78. The van der Waals surface area contributed by atoms with E-state index in [0.29, 0.717) is 10.7 Å². The quantitative estimate of drug-likeness (QED) is 0.599. The molecule has 1 aromatic heterocycles. The van der Waals surface area contributed by atoms with Crippen molar-refractivity contribution in [3.8, 4) is 0 Å². The Bertz CT molecular complexity index is 892. The summed E-state index contributed by atoms with van der Waals surface area (Å²) >= 11 is 5.78. The summed E-state index contributed by atoms with van der Waals surface area (Å²) < 4.78 is 0. The molecule has 0 spiro atoms. The number of aromatic nitrogens is 1. The number of hydrogen-bond donors (Lipinski definition) is 2. The van der Waals surface area contributed by atoms with Crippen molar-refractivity contribution >= 4 is 23.5 Å². The number of amides is 1. The van der Waals surface area contributed by atoms with Gasteiger partial charge in [-0.1, -0.05) is 78.3 Å². The first kappa shape index (κ1) is 19.6. The van der Waals surface area contributed by atoms with Crippen LogP contribution in [0.3, 0.4) is 0 Å². The predicted molar refractivity (Wildman–Crippen MR) is 107 cm³/mol. The topological polar surface area (TPSA) is 79.3 Å². The van der Waals surface area contributed by atoms with Crippen LogP contribution in [0.25, 0.3) is 0 Å². The summed E-state index contributed by atoms with van der Waals surface area (Å²) in [6.07, 6.45) is 1.62. The van der Waals surface area contributed by atoms with E-state index in [1.54, 1.807) is 12.1 Å². The number of nitrogens with one attached hydrogen (secondary N) is 1. The van der Waals surface area contributed by atoms with Gasteiger partial charge in [-0.25, -0.2) is 9.78 Å². The summed E-state index contributed by atoms with van der Waals surface area (Å²) in [4.78, 5) is 28.8. The zero-order chi connectivity index (χ0) is 19.9. The van der Waals surface area contributed by atoms with Gasteiger partial charge in [-0.3, -0.25) is 4.79 Å². The Balaban J connectivity index is 1.85. The lowest BCUT2D eigenvalue weighted by molar-refractivity contribution is -0.141. The molecule has 0 saturated carbocycles. The van der Waals surface area contributed by atoms with Crippen molar-refractivity contribution in [1.29, 1.82) is 0 Å². The predicted octanol–water partition coefficient (Wildman–Crippen LogP) is 3.68. The number of nitrogens with zero attached hydrogens (tertiary/aromatic N) is 1. The largest absolute Gasteiger partial charge is 0.480 e. The fourth-order valence-electron chi connectivity index (χ4n) is 3.00. The second-order valence-electron chi connectivity index (χ2n) is 6.35. The SMILES string of the molecule is O=C(N[C@H](Cc1ccc(Cl)nc1)C(=O)O)C(c1ccccc1)c1ccccc1. The Hall–Kier alpha value is -3.18. The number of hydrogen-bond acceptors (Lipinski definition) is 3. The van der Waals surface area contributed by atoms with E-state index in [-0.39, 0.29) is 12.3 Å². The van der Waals surface area contributed by atoms with Gasteiger partial charge >= 0.3 is 5.97 Å². The van der Waals surface area contributed by atoms with Crippen LogP contribution in [0.1, 0.15) is 22.6 Å². The van der Waals surface area contributed by atoms with Gasteiger partial charge < -0.3 is 10.4 Å². The van der Waals surface area contributed by atoms with E-state index in [4.69, 9.17) is 11.6 Å². The maximum absolute atomic E-state index is 13.1. The van der Waals surface area contributed by atoms with Crippen LogP contribution < -0.4 is 5.32 Å². The highest BCUT2D eigenvalue weighted by atomic mass is 35.5. The van der Waals surface area contributed by atoms with Crippen molar-refractivity contribution < 1.29 is 14.7 Å². The summed E-state index contributed by atoms with van der Waals surface area (Å²) in [7, 11) is 0. The minimum Gasteiger partial charge on any atom is -0.480 e. The Morgan fingerprint density at radius 1 is 0.929 bits per heavy atom. The van der Waals surface area contributed by atoms with Crippen LogP contribution in [0.5, 0.6) is 0 Å². The number of halogens is 1. The highest BCUT2D eigenvalue weighted by molar-refractivity contribution is 6.29. The third kappa shape index (κ3) is 4.96. The van der Waals surface area contributed by atoms with Crippen LogP contribution in [0.4, 0.5) is 0 Å². The Morgan fingerprint density at radius 2 is 1.50 bits per heavy atom. The van der Waals surface area contributed by atoms with Gasteiger partial charge in [-0.05, 0) is 22.8 Å². The molecule has 0 aliphatic carbocycles. The molecular weight excluding hydrogens is 376 g/mol. The third-order valence-corrected chi connectivity index (χ3v) is 4.59. The standard InChI is InChI=1S/C22H19ClN2O3/c23-19-12-11-15(14-24-19)13-18(22(27)28)25-21(26)20(16-7-3-1-4-8-16)17-9-5-2-6-10-17/h1-12,14,18,20H,13H2,(H,25,26)(H,27,28)/t18-/m1/s1. The number of carboxylic acid groups (broad SMARTS) is 1. The van der Waals surface area contributed by atoms with Crippen molar-refractivity contribution in [1.82, 2.24) is 10.3 Å². The molecule has 6 heteroatoms. The number of carboxylic acids is 1. The van der Waals surface area contributed by atoms with Crippen LogP contribution >= 0.6 is 11.6 Å². The average Bonchev–Trinajstić information content (AvgIpc) is 2.71. The first-order chi connectivity index (χ1) is 13.5. The molecule has 0 bridgehead atoms. The number of pyridine rings is 1. The fourth-order valence-corrected chi connectivity index (χ4v) is 3.12. The minimum absolute atomic E-state index is 0.113. The van der Waals surface area contributed by atoms with Gasteiger partial charge in [0.25, 0.3) is 0 Å². The number of aliphatic carboxylic acids is 1. The maximum atomic E-state index is 13.1. The Labute approximate surface area is 168 Å². The molecule has 28 heavy (non-hydrogen) atoms. The van der Waals surface area contributed by atoms with E-state index < -0.39 is 17.9 Å². The molecule has 0 aliphatic heterocycles. The minimum atomic E-state index is -1.11. The van der Waals surface area contributed by atoms with E-state index in [1.165, 1.54) is 6.20 Å². The van der Waals surface area contributed by atoms with Crippen molar-refractivity contribution in [3.63, 3.8) is 0 Å². The zero-order valence-electron chi connectivity index (χ0n) is 15.0. The summed E-state index contributed by atoms with van der Waals surface area (Å²) in [5.74, 6) is -2.08. The van der Waals surface area contributed by atoms with E-state index in [2.05, 4.69) is 10.3 Å². The summed E-state index contributed by atoms with van der Waals surface area (Å²) in [6.45, 7) is 0. The summed E-state index contributed by atoms with van der Waals surface area (Å²) in [5.41, 5.74) is 2.26. The van der Waals surface area contributed by atoms with Crippen molar-refractivity contribution in [2.24, 2.45) is 0 Å². The maximum Gasteiger partial charge on any atom is 0.326 e. The lowest BCUT2D eigenvalue weighted by Gasteiger charge is -2.21. The smallest absolute Gasteiger partial charge is 0.326 e. The lowest BCUT2D eigenvalue weighted by Crippen LogP contribution is -2.44. The molecule has 3 rings (SSSR count). The van der Waals surface area contributed by atoms with Gasteiger partial charge in [0.05, 0.1) is 5.92 Å². The summed E-state index contributed by atoms with van der Waals surface area (Å²) in [5, 5.41) is 12.6. The molecule has 2 N–H and O–H groups in total. The summed E-state index contributed by atoms with van der Waals surface area (Å²) in [6, 6.07) is 20.8. The molecule has 5 nitrogen and oxygen atoms in total. The van der Waals surface area contributed by atoms with Gasteiger partial charge in [0, 0.05) is 12.6 Å². The van der Waals surface area contributed by atoms with Crippen LogP contribution in [-0.2, 0) is 16.0 Å². The molecule has 3 aromatic rings. The molecule has 1 atom stereocenters. The molecule has 0 fully saturated rings. The second kappa shape index (κ2) is 9.15. The molecule has 0 aliphatic rings. The Morgan fingerprint density at radius 3 is 1.96 bits per heavy atom. The number of carbonyl (C=O) groups is 2. The number of benzene rings is 2. The molecule has 2 aromatic carbocycles. The second-order valence-corrected chi connectivity index (χ2v) is 6.73. The molecule has 1 amide bonds. The molecule has 0 radical (unpaired) electrons. The monoisotopic (exact) mass is 394 g/mol. The highest BCUT2D eigenvalue weighted by Gasteiger charge is 2.27. The van der Waals surface area contributed by atoms with Crippen LogP contribution in [0, 0.1) is 0 Å². The molecule has 1 heterocycles. The third-order valence-electron chi connectivity index (χ3n) is 4.37. The van der Waals surface area contributed by atoms with Crippen molar-refractivity contribution in [2.45, 2.75) is 18.4 Å². The molecule has 0 saturated heterocycles. The van der Waals surface area contributed by atoms with E-state index >= 15 is 0 Å². The van der Waals surface area contributed by atoms with E-state index in [1.807, 2.05) is 60.7 Å². The van der Waals surface area contributed by atoms with Crippen LogP contribution in [-0.4, -0.2) is 28.0 Å². The van der Waals surface area contributed by atoms with E-state index in [0.717, 1.165) is 11.1 Å². The normalized spacial score (nSPS) is 11.8. The first-order valence-corrected chi connectivity index (χ1v) is 9.16. The Kier molecular flexibility index (Phi) is 6.40. The fraction of sp³-hybridized carbons (Fsp3) is 0.136. The molecule has 0 unspecified atom stereocenters. The lowest BCUT2D eigenvalue weighted by atomic mass is 9.90. The average molecular weight is 395 g/mol. The number of carbonyl (C=O) groups excluding carboxylic acids is 1. The zero-order valence-corrected chi connectivity index (χ0v) is 15.7. The van der Waals surface area contributed by atoms with Crippen LogP contribution in [0.2, 0.25) is 5.15 Å². The van der Waals surface area contributed by atoms with Crippen molar-refractivity contribution in [2.75, 3.05) is 0 Å². The highest BCUT2D eigenvalue weighted by Crippen LogP contribution is 2.25. The van der Waals surface area contributed by atoms with Gasteiger partial charge in [-0.15, -0.1) is 0 Å². The molecular formula is C22H19ClN2O3. The van der Waals surface area contributed by atoms with Gasteiger partial charge in [0.15, 0.2) is 0 Å². The van der Waals surface area contributed by atoms with Gasteiger partial charge in [-0.2, -0.15) is 0 Å². The van der Waals surface area contributed by atoms with E-state index in [9.17, 15) is 14.7 Å². The van der Waals surface area contributed by atoms with Crippen molar-refractivity contribution in [3.05, 3.63) is 101 Å². The molecule has 142 valence electrons. The van der Waals surface area contributed by atoms with Crippen LogP contribution in [0.15, 0.2) is 79.0 Å². The van der Waals surface area contributed by atoms with Gasteiger partial charge in [0.1, 0.15) is 11.2 Å².